The Balaban J connectivity index is 2.05. The number of likely N-dealkylation sites (tertiary alicyclic amines) is 1. The lowest BCUT2D eigenvalue weighted by atomic mass is 9.93. The lowest BCUT2D eigenvalue weighted by Crippen LogP contribution is -2.40. The van der Waals surface area contributed by atoms with Crippen molar-refractivity contribution < 1.29 is 4.79 Å². The predicted octanol–water partition coefficient (Wildman–Crippen LogP) is 4.69. The number of nitrogens with zero attached hydrogens (tertiary/aromatic N) is 1. The van der Waals surface area contributed by atoms with Crippen molar-refractivity contribution in [2.24, 2.45) is 5.92 Å². The second kappa shape index (κ2) is 6.59. The number of benzene rings is 1. The zero-order chi connectivity index (χ0) is 14.0. The summed E-state index contributed by atoms with van der Waals surface area (Å²) in [5, 5.41) is 0.191. The lowest BCUT2D eigenvalue weighted by molar-refractivity contribution is 0.0689. The maximum Gasteiger partial charge on any atom is 0.254 e. The molecule has 0 N–H and O–H groups in total. The molecule has 1 saturated heterocycles. The Morgan fingerprint density at radius 2 is 2.00 bits per heavy atom. The third kappa shape index (κ3) is 3.73. The molecule has 2 nitrogen and oxygen atoms in total. The van der Waals surface area contributed by atoms with Crippen molar-refractivity contribution >= 4 is 49.4 Å². The average molecular weight is 410 g/mol. The molecule has 1 aromatic carbocycles. The first-order valence-corrected chi connectivity index (χ1v) is 8.39. The van der Waals surface area contributed by atoms with E-state index in [1.54, 1.807) is 0 Å². The number of carbonyl (C=O) groups excluding carboxylic acids is 1. The average Bonchev–Trinajstić information content (AvgIpc) is 2.38. The van der Waals surface area contributed by atoms with Crippen LogP contribution >= 0.6 is 43.5 Å². The highest BCUT2D eigenvalue weighted by Crippen LogP contribution is 2.27. The topological polar surface area (TPSA) is 20.3 Å². The molecule has 0 aromatic heterocycles. The summed E-state index contributed by atoms with van der Waals surface area (Å²) in [4.78, 5) is 14.4. The van der Waals surface area contributed by atoms with Crippen molar-refractivity contribution in [3.63, 3.8) is 0 Å². The van der Waals surface area contributed by atoms with E-state index in [9.17, 15) is 4.79 Å². The van der Waals surface area contributed by atoms with Crippen LogP contribution in [-0.2, 0) is 0 Å². The molecule has 2 rings (SSSR count). The van der Waals surface area contributed by atoms with Crippen LogP contribution < -0.4 is 0 Å². The van der Waals surface area contributed by atoms with E-state index in [0.717, 1.165) is 40.4 Å². The second-order valence-corrected chi connectivity index (χ2v) is 7.39. The van der Waals surface area contributed by atoms with E-state index in [4.69, 9.17) is 11.6 Å². The monoisotopic (exact) mass is 407 g/mol. The van der Waals surface area contributed by atoms with Crippen LogP contribution in [0.1, 0.15) is 30.1 Å². The van der Waals surface area contributed by atoms with Crippen molar-refractivity contribution in [1.29, 1.82) is 0 Å². The first-order valence-electron chi connectivity index (χ1n) is 6.37. The standard InChI is InChI=1S/C14H16Br2ClNO/c1-9(17)10-4-6-18(7-5-10)14(19)12-3-2-11(15)8-13(12)16/h2-3,8-10H,4-7H2,1H3. The van der Waals surface area contributed by atoms with Gasteiger partial charge in [0.1, 0.15) is 0 Å². The van der Waals surface area contributed by atoms with Crippen LogP contribution in [0.5, 0.6) is 0 Å². The van der Waals surface area contributed by atoms with Gasteiger partial charge in [-0.25, -0.2) is 0 Å². The number of piperidine rings is 1. The summed E-state index contributed by atoms with van der Waals surface area (Å²) >= 11 is 13.0. The summed E-state index contributed by atoms with van der Waals surface area (Å²) in [6.07, 6.45) is 1.98. The third-order valence-electron chi connectivity index (χ3n) is 3.64. The largest absolute Gasteiger partial charge is 0.339 e. The van der Waals surface area contributed by atoms with Gasteiger partial charge in [0.25, 0.3) is 5.91 Å². The van der Waals surface area contributed by atoms with E-state index in [1.165, 1.54) is 0 Å². The molecule has 1 aliphatic rings. The van der Waals surface area contributed by atoms with E-state index in [1.807, 2.05) is 30.0 Å². The lowest BCUT2D eigenvalue weighted by Gasteiger charge is -2.33. The quantitative estimate of drug-likeness (QED) is 0.649. The Hall–Kier alpha value is -0.0600. The smallest absolute Gasteiger partial charge is 0.254 e. The minimum absolute atomic E-state index is 0.0973. The summed E-state index contributed by atoms with van der Waals surface area (Å²) in [7, 11) is 0. The summed E-state index contributed by atoms with van der Waals surface area (Å²) in [6.45, 7) is 3.63. The Kier molecular flexibility index (Phi) is 5.32. The third-order valence-corrected chi connectivity index (χ3v) is 5.14. The van der Waals surface area contributed by atoms with Gasteiger partial charge in [0.05, 0.1) is 5.56 Å². The van der Waals surface area contributed by atoms with E-state index in [0.29, 0.717) is 5.92 Å². The molecule has 0 spiro atoms. The normalized spacial score (nSPS) is 18.4. The molecule has 19 heavy (non-hydrogen) atoms. The second-order valence-electron chi connectivity index (χ2n) is 4.93. The molecule has 0 bridgehead atoms. The van der Waals surface area contributed by atoms with Crippen molar-refractivity contribution in [2.75, 3.05) is 13.1 Å². The fraction of sp³-hybridized carbons (Fsp3) is 0.500. The van der Waals surface area contributed by atoms with Crippen molar-refractivity contribution in [2.45, 2.75) is 25.1 Å². The number of amides is 1. The molecule has 1 fully saturated rings. The molecule has 0 radical (unpaired) electrons. The molecule has 104 valence electrons. The van der Waals surface area contributed by atoms with Crippen LogP contribution in [0.25, 0.3) is 0 Å². The highest BCUT2D eigenvalue weighted by atomic mass is 79.9. The molecule has 1 atom stereocenters. The molecular formula is C14H16Br2ClNO. The van der Waals surface area contributed by atoms with Crippen molar-refractivity contribution in [3.8, 4) is 0 Å². The summed E-state index contributed by atoms with van der Waals surface area (Å²) in [5.74, 6) is 0.624. The van der Waals surface area contributed by atoms with Crippen molar-refractivity contribution in [3.05, 3.63) is 32.7 Å². The van der Waals surface area contributed by atoms with Gasteiger partial charge >= 0.3 is 0 Å². The summed E-state index contributed by atoms with van der Waals surface area (Å²) < 4.78 is 1.80. The van der Waals surface area contributed by atoms with Crippen LogP contribution in [0.4, 0.5) is 0 Å². The molecule has 1 unspecified atom stereocenters. The fourth-order valence-corrected chi connectivity index (χ4v) is 3.86. The van der Waals surface area contributed by atoms with Gasteiger partial charge in [0.15, 0.2) is 0 Å². The molecule has 0 aliphatic carbocycles. The number of rotatable bonds is 2. The maximum atomic E-state index is 12.5. The summed E-state index contributed by atoms with van der Waals surface area (Å²) in [5.41, 5.74) is 0.723. The maximum absolute atomic E-state index is 12.5. The van der Waals surface area contributed by atoms with Crippen LogP contribution in [0, 0.1) is 5.92 Å². The Morgan fingerprint density at radius 3 is 2.53 bits per heavy atom. The van der Waals surface area contributed by atoms with E-state index in [-0.39, 0.29) is 11.3 Å². The minimum Gasteiger partial charge on any atom is -0.339 e. The molecule has 1 aromatic rings. The molecular weight excluding hydrogens is 393 g/mol. The van der Waals surface area contributed by atoms with Gasteiger partial charge in [-0.05, 0) is 59.8 Å². The Bertz CT molecular complexity index is 471. The first kappa shape index (κ1) is 15.3. The molecule has 5 heteroatoms. The zero-order valence-electron chi connectivity index (χ0n) is 10.7. The van der Waals surface area contributed by atoms with Gasteiger partial charge in [-0.3, -0.25) is 4.79 Å². The van der Waals surface area contributed by atoms with E-state index >= 15 is 0 Å². The molecule has 1 aliphatic heterocycles. The minimum atomic E-state index is 0.0973. The van der Waals surface area contributed by atoms with Gasteiger partial charge < -0.3 is 4.90 Å². The van der Waals surface area contributed by atoms with E-state index in [2.05, 4.69) is 31.9 Å². The fourth-order valence-electron chi connectivity index (χ4n) is 2.40. The number of carbonyl (C=O) groups is 1. The van der Waals surface area contributed by atoms with Gasteiger partial charge in [-0.1, -0.05) is 15.9 Å². The Labute approximate surface area is 135 Å². The Morgan fingerprint density at radius 1 is 1.37 bits per heavy atom. The van der Waals surface area contributed by atoms with Gasteiger partial charge in [-0.15, -0.1) is 11.6 Å². The molecule has 1 amide bonds. The molecule has 0 saturated carbocycles. The van der Waals surface area contributed by atoms with Crippen LogP contribution in [-0.4, -0.2) is 29.3 Å². The highest BCUT2D eigenvalue weighted by Gasteiger charge is 2.26. The van der Waals surface area contributed by atoms with Crippen LogP contribution in [0.2, 0.25) is 0 Å². The number of alkyl halides is 1. The molecule has 1 heterocycles. The zero-order valence-corrected chi connectivity index (χ0v) is 14.6. The van der Waals surface area contributed by atoms with Crippen LogP contribution in [0.3, 0.4) is 0 Å². The number of halogens is 3. The summed E-state index contributed by atoms with van der Waals surface area (Å²) in [6, 6.07) is 5.65. The SMILES string of the molecule is CC(Cl)C1CCN(C(=O)c2ccc(Br)cc2Br)CC1. The predicted molar refractivity (Wildman–Crippen MR) is 85.8 cm³/mol. The van der Waals surface area contributed by atoms with E-state index < -0.39 is 0 Å². The van der Waals surface area contributed by atoms with Crippen molar-refractivity contribution in [1.82, 2.24) is 4.90 Å². The van der Waals surface area contributed by atoms with Gasteiger partial charge in [-0.2, -0.15) is 0 Å². The number of hydrogen-bond donors (Lipinski definition) is 0. The first-order chi connectivity index (χ1) is 8.99. The van der Waals surface area contributed by atoms with Gasteiger partial charge in [0.2, 0.25) is 0 Å². The highest BCUT2D eigenvalue weighted by molar-refractivity contribution is 9.11. The van der Waals surface area contributed by atoms with Crippen LogP contribution in [0.15, 0.2) is 27.1 Å². The number of hydrogen-bond acceptors (Lipinski definition) is 1. The van der Waals surface area contributed by atoms with Gasteiger partial charge in [0, 0.05) is 27.4 Å².